The summed E-state index contributed by atoms with van der Waals surface area (Å²) in [5, 5.41) is 6.25. The predicted octanol–water partition coefficient (Wildman–Crippen LogP) is 2.21. The van der Waals surface area contributed by atoms with Crippen molar-refractivity contribution in [3.63, 3.8) is 0 Å². The first-order chi connectivity index (χ1) is 7.92. The summed E-state index contributed by atoms with van der Waals surface area (Å²) in [5.74, 6) is 0. The highest BCUT2D eigenvalue weighted by molar-refractivity contribution is 5.68. The van der Waals surface area contributed by atoms with Crippen LogP contribution in [0.3, 0.4) is 0 Å². The minimum atomic E-state index is -0.463. The summed E-state index contributed by atoms with van der Waals surface area (Å²) < 4.78 is 5.24. The number of rotatable bonds is 3. The van der Waals surface area contributed by atoms with Crippen molar-refractivity contribution in [1.82, 2.24) is 10.6 Å². The number of amides is 1. The van der Waals surface area contributed by atoms with Crippen LogP contribution in [0.1, 0.15) is 40.0 Å². The first kappa shape index (κ1) is 14.0. The molecule has 98 valence electrons. The Hall–Kier alpha value is -1.03. The fraction of sp³-hybridized carbons (Fsp3) is 0.769. The summed E-state index contributed by atoms with van der Waals surface area (Å²) >= 11 is 0. The Labute approximate surface area is 104 Å². The van der Waals surface area contributed by atoms with Gasteiger partial charge in [-0.3, -0.25) is 0 Å². The number of alkyl carbamates (subject to hydrolysis) is 1. The first-order valence-corrected chi connectivity index (χ1v) is 6.28. The van der Waals surface area contributed by atoms with Crippen LogP contribution in [0.2, 0.25) is 0 Å². The molecule has 0 aromatic heterocycles. The molecule has 0 aromatic rings. The van der Waals surface area contributed by atoms with Crippen LogP contribution in [-0.4, -0.2) is 30.3 Å². The van der Waals surface area contributed by atoms with Crippen LogP contribution >= 0.6 is 0 Å². The molecular weight excluding hydrogens is 216 g/mol. The monoisotopic (exact) mass is 240 g/mol. The highest BCUT2D eigenvalue weighted by Crippen LogP contribution is 2.12. The van der Waals surface area contributed by atoms with Crippen LogP contribution < -0.4 is 10.6 Å². The molecule has 0 radical (unpaired) electrons. The van der Waals surface area contributed by atoms with Crippen molar-refractivity contribution in [2.75, 3.05) is 6.54 Å². The van der Waals surface area contributed by atoms with Crippen molar-refractivity contribution in [3.8, 4) is 0 Å². The van der Waals surface area contributed by atoms with Crippen molar-refractivity contribution in [3.05, 3.63) is 12.7 Å². The molecule has 0 aliphatic carbocycles. The Kier molecular flexibility index (Phi) is 5.00. The number of hydrogen-bond donors (Lipinski definition) is 2. The van der Waals surface area contributed by atoms with Crippen molar-refractivity contribution in [1.29, 1.82) is 0 Å². The molecule has 2 unspecified atom stereocenters. The lowest BCUT2D eigenvalue weighted by molar-refractivity contribution is 0.0502. The van der Waals surface area contributed by atoms with Gasteiger partial charge in [-0.05, 0) is 40.2 Å². The molecule has 0 spiro atoms. The fourth-order valence-corrected chi connectivity index (χ4v) is 1.95. The summed E-state index contributed by atoms with van der Waals surface area (Å²) in [7, 11) is 0. The van der Waals surface area contributed by atoms with Gasteiger partial charge in [-0.15, -0.1) is 6.58 Å². The molecule has 4 nitrogen and oxygen atoms in total. The van der Waals surface area contributed by atoms with E-state index in [0.29, 0.717) is 0 Å². The third kappa shape index (κ3) is 5.22. The van der Waals surface area contributed by atoms with Crippen LogP contribution in [0, 0.1) is 0 Å². The summed E-state index contributed by atoms with van der Waals surface area (Å²) in [6.07, 6.45) is 4.85. The molecule has 1 saturated heterocycles. The van der Waals surface area contributed by atoms with E-state index in [1.165, 1.54) is 12.8 Å². The fourth-order valence-electron chi connectivity index (χ4n) is 1.95. The van der Waals surface area contributed by atoms with Crippen molar-refractivity contribution < 1.29 is 9.53 Å². The van der Waals surface area contributed by atoms with E-state index in [2.05, 4.69) is 17.2 Å². The van der Waals surface area contributed by atoms with E-state index in [1.54, 1.807) is 6.08 Å². The van der Waals surface area contributed by atoms with E-state index in [1.807, 2.05) is 20.8 Å². The van der Waals surface area contributed by atoms with Gasteiger partial charge >= 0.3 is 6.09 Å². The van der Waals surface area contributed by atoms with E-state index in [4.69, 9.17) is 4.74 Å². The van der Waals surface area contributed by atoms with Crippen LogP contribution in [0.25, 0.3) is 0 Å². The van der Waals surface area contributed by atoms with E-state index in [9.17, 15) is 4.79 Å². The molecule has 0 aromatic carbocycles. The largest absolute Gasteiger partial charge is 0.444 e. The first-order valence-electron chi connectivity index (χ1n) is 6.28. The Balaban J connectivity index is 2.45. The lowest BCUT2D eigenvalue weighted by atomic mass is 9.98. The van der Waals surface area contributed by atoms with Crippen LogP contribution in [0.15, 0.2) is 12.7 Å². The molecular formula is C13H24N2O2. The van der Waals surface area contributed by atoms with E-state index >= 15 is 0 Å². The van der Waals surface area contributed by atoms with Crippen LogP contribution in [0.4, 0.5) is 4.79 Å². The minimum Gasteiger partial charge on any atom is -0.444 e. The van der Waals surface area contributed by atoms with Gasteiger partial charge in [-0.1, -0.05) is 12.5 Å². The summed E-state index contributed by atoms with van der Waals surface area (Å²) in [4.78, 5) is 11.7. The normalized spacial score (nSPS) is 22.6. The molecule has 1 fully saturated rings. The molecule has 2 N–H and O–H groups in total. The van der Waals surface area contributed by atoms with Crippen LogP contribution in [-0.2, 0) is 4.74 Å². The molecule has 17 heavy (non-hydrogen) atoms. The SMILES string of the molecule is C=CC(NC(=O)OC(C)(C)C)C1CCCCN1. The number of carbonyl (C=O) groups is 1. The van der Waals surface area contributed by atoms with Gasteiger partial charge in [-0.25, -0.2) is 4.79 Å². The van der Waals surface area contributed by atoms with Gasteiger partial charge in [0.15, 0.2) is 0 Å². The van der Waals surface area contributed by atoms with Gasteiger partial charge in [0.1, 0.15) is 5.60 Å². The van der Waals surface area contributed by atoms with E-state index in [-0.39, 0.29) is 18.2 Å². The van der Waals surface area contributed by atoms with Gasteiger partial charge < -0.3 is 15.4 Å². The topological polar surface area (TPSA) is 50.4 Å². The Morgan fingerprint density at radius 3 is 2.71 bits per heavy atom. The van der Waals surface area contributed by atoms with Crippen molar-refractivity contribution >= 4 is 6.09 Å². The molecule has 1 rings (SSSR count). The average molecular weight is 240 g/mol. The summed E-state index contributed by atoms with van der Waals surface area (Å²) in [5.41, 5.74) is -0.463. The molecule has 1 aliphatic heterocycles. The molecule has 2 atom stereocenters. The predicted molar refractivity (Wildman–Crippen MR) is 69.0 cm³/mol. The number of piperidine rings is 1. The minimum absolute atomic E-state index is 0.0647. The number of hydrogen-bond acceptors (Lipinski definition) is 3. The zero-order valence-corrected chi connectivity index (χ0v) is 11.1. The van der Waals surface area contributed by atoms with Gasteiger partial charge in [0.2, 0.25) is 0 Å². The van der Waals surface area contributed by atoms with Gasteiger partial charge in [0.05, 0.1) is 6.04 Å². The molecule has 4 heteroatoms. The van der Waals surface area contributed by atoms with Gasteiger partial charge in [-0.2, -0.15) is 0 Å². The Morgan fingerprint density at radius 2 is 2.24 bits per heavy atom. The molecule has 0 saturated carbocycles. The lowest BCUT2D eigenvalue weighted by Crippen LogP contribution is -2.51. The second-order valence-electron chi connectivity index (χ2n) is 5.46. The quantitative estimate of drug-likeness (QED) is 0.744. The smallest absolute Gasteiger partial charge is 0.408 e. The molecule has 1 aliphatic rings. The summed E-state index contributed by atoms with van der Waals surface area (Å²) in [6, 6.07) is 0.207. The average Bonchev–Trinajstić information content (AvgIpc) is 2.24. The molecule has 1 heterocycles. The van der Waals surface area contributed by atoms with Gasteiger partial charge in [0.25, 0.3) is 0 Å². The van der Waals surface area contributed by atoms with Crippen molar-refractivity contribution in [2.24, 2.45) is 0 Å². The maximum atomic E-state index is 11.7. The number of carbonyl (C=O) groups excluding carboxylic acids is 1. The summed E-state index contributed by atoms with van der Waals surface area (Å²) in [6.45, 7) is 10.3. The van der Waals surface area contributed by atoms with Crippen LogP contribution in [0.5, 0.6) is 0 Å². The Bertz CT molecular complexity index is 265. The number of nitrogens with one attached hydrogen (secondary N) is 2. The van der Waals surface area contributed by atoms with E-state index in [0.717, 1.165) is 13.0 Å². The second kappa shape index (κ2) is 6.05. The second-order valence-corrected chi connectivity index (χ2v) is 5.46. The lowest BCUT2D eigenvalue weighted by Gasteiger charge is -2.30. The highest BCUT2D eigenvalue weighted by atomic mass is 16.6. The van der Waals surface area contributed by atoms with Gasteiger partial charge in [0, 0.05) is 6.04 Å². The molecule has 0 bridgehead atoms. The standard InChI is InChI=1S/C13H24N2O2/c1-5-10(11-8-6-7-9-14-11)15-12(16)17-13(2,3)4/h5,10-11,14H,1,6-9H2,2-4H3,(H,15,16). The maximum absolute atomic E-state index is 11.7. The zero-order chi connectivity index (χ0) is 12.9. The van der Waals surface area contributed by atoms with Crippen molar-refractivity contribution in [2.45, 2.75) is 57.7 Å². The highest BCUT2D eigenvalue weighted by Gasteiger charge is 2.24. The Morgan fingerprint density at radius 1 is 1.53 bits per heavy atom. The number of ether oxygens (including phenoxy) is 1. The third-order valence-electron chi connectivity index (χ3n) is 2.72. The zero-order valence-electron chi connectivity index (χ0n) is 11.1. The maximum Gasteiger partial charge on any atom is 0.408 e. The molecule has 1 amide bonds. The van der Waals surface area contributed by atoms with E-state index < -0.39 is 5.60 Å². The third-order valence-corrected chi connectivity index (χ3v) is 2.72.